The van der Waals surface area contributed by atoms with E-state index in [1.807, 2.05) is 6.07 Å². The van der Waals surface area contributed by atoms with E-state index in [4.69, 9.17) is 9.26 Å². The van der Waals surface area contributed by atoms with Crippen molar-refractivity contribution in [1.82, 2.24) is 30.0 Å². The van der Waals surface area contributed by atoms with Gasteiger partial charge in [-0.2, -0.15) is 4.98 Å². The van der Waals surface area contributed by atoms with Crippen molar-refractivity contribution in [2.24, 2.45) is 0 Å². The molecule has 1 aliphatic rings. The first kappa shape index (κ1) is 20.2. The summed E-state index contributed by atoms with van der Waals surface area (Å²) in [5.41, 5.74) is 2.29. The van der Waals surface area contributed by atoms with Gasteiger partial charge in [-0.3, -0.25) is 4.79 Å². The van der Waals surface area contributed by atoms with Gasteiger partial charge in [0.2, 0.25) is 11.7 Å². The van der Waals surface area contributed by atoms with E-state index in [1.165, 1.54) is 6.07 Å². The molecule has 1 fully saturated rings. The molecule has 9 nitrogen and oxygen atoms in total. The third kappa shape index (κ3) is 3.94. The lowest BCUT2D eigenvalue weighted by molar-refractivity contribution is -0.135. The molecule has 2 aromatic heterocycles. The van der Waals surface area contributed by atoms with E-state index < -0.39 is 11.6 Å². The number of fused-ring (bicyclic) bond motifs is 1. The lowest BCUT2D eigenvalue weighted by Crippen LogP contribution is -2.41. The van der Waals surface area contributed by atoms with Crippen LogP contribution in [0.1, 0.15) is 6.42 Å². The van der Waals surface area contributed by atoms with Gasteiger partial charge in [0.25, 0.3) is 5.89 Å². The Hall–Kier alpha value is -3.73. The lowest BCUT2D eigenvalue weighted by Gasteiger charge is -2.26. The molecule has 2 aromatic carbocycles. The molecular formula is C21H18F2N6O3. The van der Waals surface area contributed by atoms with E-state index in [2.05, 4.69) is 20.5 Å². The maximum Gasteiger partial charge on any atom is 0.258 e. The summed E-state index contributed by atoms with van der Waals surface area (Å²) in [7, 11) is 0. The number of amides is 1. The van der Waals surface area contributed by atoms with Gasteiger partial charge in [-0.1, -0.05) is 10.4 Å². The minimum Gasteiger partial charge on any atom is -0.378 e. The van der Waals surface area contributed by atoms with Gasteiger partial charge in [-0.15, -0.1) is 5.10 Å². The van der Waals surface area contributed by atoms with E-state index in [0.29, 0.717) is 50.3 Å². The van der Waals surface area contributed by atoms with Gasteiger partial charge < -0.3 is 14.2 Å². The fraction of sp³-hybridized carbons (Fsp3) is 0.286. The van der Waals surface area contributed by atoms with Crippen LogP contribution in [0.15, 0.2) is 40.9 Å². The maximum atomic E-state index is 13.5. The Morgan fingerprint density at radius 1 is 1.03 bits per heavy atom. The van der Waals surface area contributed by atoms with Gasteiger partial charge in [0.15, 0.2) is 11.6 Å². The average molecular weight is 440 g/mol. The molecule has 32 heavy (non-hydrogen) atoms. The Balaban J connectivity index is 1.32. The van der Waals surface area contributed by atoms with Crippen molar-refractivity contribution in [2.45, 2.75) is 13.0 Å². The van der Waals surface area contributed by atoms with Gasteiger partial charge in [-0.05, 0) is 36.4 Å². The van der Waals surface area contributed by atoms with E-state index >= 15 is 0 Å². The van der Waals surface area contributed by atoms with Crippen LogP contribution < -0.4 is 0 Å². The quantitative estimate of drug-likeness (QED) is 0.470. The van der Waals surface area contributed by atoms with Crippen LogP contribution in [0.4, 0.5) is 8.78 Å². The minimum atomic E-state index is -0.993. The SMILES string of the molecule is O=C(CCn1nnc2cc(-c3noc(-c4ccc(F)c(F)c4)n3)ccc21)N1CCOCC1. The Labute approximate surface area is 180 Å². The largest absolute Gasteiger partial charge is 0.378 e. The topological polar surface area (TPSA) is 99.2 Å². The highest BCUT2D eigenvalue weighted by molar-refractivity contribution is 5.80. The molecule has 0 aliphatic carbocycles. The Bertz CT molecular complexity index is 1280. The normalized spacial score (nSPS) is 14.2. The maximum absolute atomic E-state index is 13.5. The first-order valence-electron chi connectivity index (χ1n) is 10.1. The summed E-state index contributed by atoms with van der Waals surface area (Å²) in [5, 5.41) is 12.2. The predicted octanol–water partition coefficient (Wildman–Crippen LogP) is 2.68. The summed E-state index contributed by atoms with van der Waals surface area (Å²) in [5.74, 6) is -1.53. The number of ether oxygens (including phenoxy) is 1. The number of aromatic nitrogens is 5. The second-order valence-electron chi connectivity index (χ2n) is 7.31. The second kappa shape index (κ2) is 8.42. The summed E-state index contributed by atoms with van der Waals surface area (Å²) in [6.45, 7) is 2.76. The average Bonchev–Trinajstić information content (AvgIpc) is 3.47. The molecule has 0 bridgehead atoms. The number of nitrogens with zero attached hydrogens (tertiary/aromatic N) is 6. The zero-order valence-corrected chi connectivity index (χ0v) is 16.9. The van der Waals surface area contributed by atoms with Crippen LogP contribution >= 0.6 is 0 Å². The van der Waals surface area contributed by atoms with Crippen molar-refractivity contribution < 1.29 is 22.8 Å². The first-order chi connectivity index (χ1) is 15.6. The Morgan fingerprint density at radius 3 is 2.66 bits per heavy atom. The van der Waals surface area contributed by atoms with Crippen molar-refractivity contribution in [3.8, 4) is 22.8 Å². The van der Waals surface area contributed by atoms with Crippen LogP contribution in [0.5, 0.6) is 0 Å². The molecule has 0 saturated carbocycles. The summed E-state index contributed by atoms with van der Waals surface area (Å²) in [6.07, 6.45) is 0.322. The highest BCUT2D eigenvalue weighted by Crippen LogP contribution is 2.25. The van der Waals surface area contributed by atoms with Crippen LogP contribution in [0.25, 0.3) is 33.9 Å². The molecule has 0 radical (unpaired) electrons. The summed E-state index contributed by atoms with van der Waals surface area (Å²) >= 11 is 0. The number of carbonyl (C=O) groups is 1. The summed E-state index contributed by atoms with van der Waals surface area (Å²) in [4.78, 5) is 18.4. The molecule has 164 valence electrons. The Kier molecular flexibility index (Phi) is 5.31. The second-order valence-corrected chi connectivity index (χ2v) is 7.31. The van der Waals surface area contributed by atoms with Gasteiger partial charge in [0.1, 0.15) is 5.52 Å². The number of rotatable bonds is 5. The first-order valence-corrected chi connectivity index (χ1v) is 10.1. The van der Waals surface area contributed by atoms with Crippen LogP contribution in [-0.2, 0) is 16.1 Å². The van der Waals surface area contributed by atoms with Crippen molar-refractivity contribution in [3.05, 3.63) is 48.0 Å². The number of hydrogen-bond donors (Lipinski definition) is 0. The third-order valence-electron chi connectivity index (χ3n) is 5.27. The number of carbonyl (C=O) groups excluding carboxylic acids is 1. The number of morpholine rings is 1. The number of aryl methyl sites for hydroxylation is 1. The molecule has 4 aromatic rings. The van der Waals surface area contributed by atoms with Crippen LogP contribution in [0.2, 0.25) is 0 Å². The van der Waals surface area contributed by atoms with Gasteiger partial charge >= 0.3 is 0 Å². The molecule has 1 saturated heterocycles. The molecule has 5 rings (SSSR count). The number of benzene rings is 2. The molecule has 0 spiro atoms. The number of halogens is 2. The van der Waals surface area contributed by atoms with Crippen LogP contribution in [0.3, 0.4) is 0 Å². The van der Waals surface area contributed by atoms with Crippen molar-refractivity contribution >= 4 is 16.9 Å². The zero-order valence-electron chi connectivity index (χ0n) is 16.9. The van der Waals surface area contributed by atoms with E-state index in [9.17, 15) is 13.6 Å². The van der Waals surface area contributed by atoms with Crippen LogP contribution in [0, 0.1) is 11.6 Å². The number of hydrogen-bond acceptors (Lipinski definition) is 7. The molecule has 0 unspecified atom stereocenters. The van der Waals surface area contributed by atoms with Gasteiger partial charge in [0.05, 0.1) is 25.3 Å². The molecule has 0 N–H and O–H groups in total. The molecule has 0 atom stereocenters. The molecular weight excluding hydrogens is 422 g/mol. The van der Waals surface area contributed by atoms with E-state index in [0.717, 1.165) is 17.6 Å². The van der Waals surface area contributed by atoms with Crippen LogP contribution in [-0.4, -0.2) is 62.2 Å². The van der Waals surface area contributed by atoms with E-state index in [-0.39, 0.29) is 23.2 Å². The molecule has 3 heterocycles. The minimum absolute atomic E-state index is 0.0603. The van der Waals surface area contributed by atoms with Gasteiger partial charge in [-0.25, -0.2) is 13.5 Å². The van der Waals surface area contributed by atoms with Crippen molar-refractivity contribution in [2.75, 3.05) is 26.3 Å². The van der Waals surface area contributed by atoms with Crippen molar-refractivity contribution in [3.63, 3.8) is 0 Å². The molecule has 1 aliphatic heterocycles. The predicted molar refractivity (Wildman–Crippen MR) is 108 cm³/mol. The smallest absolute Gasteiger partial charge is 0.258 e. The summed E-state index contributed by atoms with van der Waals surface area (Å²) in [6, 6.07) is 8.72. The fourth-order valence-corrected chi connectivity index (χ4v) is 3.54. The summed E-state index contributed by atoms with van der Waals surface area (Å²) < 4.78 is 38.8. The Morgan fingerprint density at radius 2 is 1.84 bits per heavy atom. The zero-order chi connectivity index (χ0) is 22.1. The molecule has 11 heteroatoms. The highest BCUT2D eigenvalue weighted by Gasteiger charge is 2.18. The lowest BCUT2D eigenvalue weighted by atomic mass is 10.2. The molecule has 1 amide bonds. The van der Waals surface area contributed by atoms with Crippen molar-refractivity contribution in [1.29, 1.82) is 0 Å². The third-order valence-corrected chi connectivity index (χ3v) is 5.27. The monoisotopic (exact) mass is 440 g/mol. The highest BCUT2D eigenvalue weighted by atomic mass is 19.2. The standard InChI is InChI=1S/C21H18F2N6O3/c22-15-3-1-14(11-16(15)23)21-24-20(26-32-21)13-2-4-18-17(12-13)25-27-29(18)6-5-19(30)28-7-9-31-10-8-28/h1-4,11-12H,5-10H2. The van der Waals surface area contributed by atoms with E-state index in [1.54, 1.807) is 21.7 Å². The van der Waals surface area contributed by atoms with Gasteiger partial charge in [0, 0.05) is 30.6 Å². The fourth-order valence-electron chi connectivity index (χ4n) is 3.54.